The van der Waals surface area contributed by atoms with Crippen molar-refractivity contribution in [1.29, 1.82) is 0 Å². The fourth-order valence-corrected chi connectivity index (χ4v) is 2.58. The molecule has 2 heterocycles. The molecule has 2 aromatic carbocycles. The fraction of sp³-hybridized carbons (Fsp3) is 0.0625. The number of rotatable bonds is 1. The smallest absolute Gasteiger partial charge is 0.333 e. The van der Waals surface area contributed by atoms with Gasteiger partial charge < -0.3 is 14.3 Å². The van der Waals surface area contributed by atoms with Crippen molar-refractivity contribution in [3.05, 3.63) is 66.1 Å². The molecule has 1 aliphatic heterocycles. The van der Waals surface area contributed by atoms with Crippen molar-refractivity contribution >= 4 is 16.6 Å². The van der Waals surface area contributed by atoms with Crippen LogP contribution in [0.1, 0.15) is 16.1 Å². The number of carbonyl (C=O) groups is 1. The number of benzene rings is 2. The van der Waals surface area contributed by atoms with E-state index in [1.807, 2.05) is 30.3 Å². The quantitative estimate of drug-likeness (QED) is 0.735. The van der Waals surface area contributed by atoms with Crippen molar-refractivity contribution in [3.8, 4) is 5.75 Å². The predicted molar refractivity (Wildman–Crippen MR) is 71.5 cm³/mol. The summed E-state index contributed by atoms with van der Waals surface area (Å²) in [7, 11) is 0. The molecule has 3 aromatic rings. The number of Topliss-reactive ketones (excluding diaryl/α,β-unsaturated/α-hetero) is 1. The number of fused-ring (bicyclic) bond motifs is 3. The summed E-state index contributed by atoms with van der Waals surface area (Å²) < 4.78 is 10.6. The van der Waals surface area contributed by atoms with E-state index in [0.29, 0.717) is 11.3 Å². The van der Waals surface area contributed by atoms with Gasteiger partial charge in [-0.25, -0.2) is 0 Å². The van der Waals surface area contributed by atoms with Crippen LogP contribution in [0.25, 0.3) is 10.8 Å². The van der Waals surface area contributed by atoms with Gasteiger partial charge in [-0.3, -0.25) is 4.79 Å². The minimum Gasteiger partial charge on any atom is -0.462 e. The Hall–Kier alpha value is -2.59. The molecule has 1 aromatic heterocycles. The molecule has 0 fully saturated rings. The van der Waals surface area contributed by atoms with Crippen LogP contribution in [0.2, 0.25) is 0 Å². The molecule has 0 spiro atoms. The molecule has 4 heteroatoms. The average molecular weight is 266 g/mol. The van der Waals surface area contributed by atoms with Crippen molar-refractivity contribution in [2.75, 3.05) is 0 Å². The zero-order chi connectivity index (χ0) is 13.7. The normalized spacial score (nSPS) is 20.9. The van der Waals surface area contributed by atoms with Gasteiger partial charge in [0.15, 0.2) is 5.76 Å². The van der Waals surface area contributed by atoms with Crippen LogP contribution in [-0.2, 0) is 5.79 Å². The molecule has 20 heavy (non-hydrogen) atoms. The van der Waals surface area contributed by atoms with Crippen LogP contribution in [0.5, 0.6) is 5.75 Å². The first-order chi connectivity index (χ1) is 9.70. The van der Waals surface area contributed by atoms with Crippen molar-refractivity contribution in [1.82, 2.24) is 0 Å². The fourth-order valence-electron chi connectivity index (χ4n) is 2.58. The second-order valence-corrected chi connectivity index (χ2v) is 4.71. The molecule has 1 aliphatic rings. The van der Waals surface area contributed by atoms with Crippen LogP contribution >= 0.6 is 0 Å². The summed E-state index contributed by atoms with van der Waals surface area (Å²) >= 11 is 0. The van der Waals surface area contributed by atoms with Gasteiger partial charge in [0.2, 0.25) is 5.78 Å². The second-order valence-electron chi connectivity index (χ2n) is 4.71. The predicted octanol–water partition coefficient (Wildman–Crippen LogP) is 2.85. The van der Waals surface area contributed by atoms with E-state index in [2.05, 4.69) is 0 Å². The third kappa shape index (κ3) is 1.31. The lowest BCUT2D eigenvalue weighted by atomic mass is 9.98. The molecule has 0 amide bonds. The lowest BCUT2D eigenvalue weighted by Crippen LogP contribution is -2.36. The first-order valence-corrected chi connectivity index (χ1v) is 6.22. The summed E-state index contributed by atoms with van der Waals surface area (Å²) in [4.78, 5) is 12.6. The largest absolute Gasteiger partial charge is 0.462 e. The Balaban J connectivity index is 1.98. The van der Waals surface area contributed by atoms with E-state index in [0.717, 1.165) is 10.8 Å². The number of aliphatic hydroxyl groups is 1. The zero-order valence-electron chi connectivity index (χ0n) is 10.4. The van der Waals surface area contributed by atoms with E-state index in [1.165, 1.54) is 12.3 Å². The lowest BCUT2D eigenvalue weighted by molar-refractivity contribution is -0.109. The molecule has 4 nitrogen and oxygen atoms in total. The van der Waals surface area contributed by atoms with Gasteiger partial charge in [-0.2, -0.15) is 0 Å². The minimum atomic E-state index is -2.07. The van der Waals surface area contributed by atoms with Crippen LogP contribution in [0, 0.1) is 0 Å². The molecule has 0 radical (unpaired) electrons. The number of hydrogen-bond donors (Lipinski definition) is 1. The third-order valence-corrected chi connectivity index (χ3v) is 3.54. The van der Waals surface area contributed by atoms with Crippen LogP contribution in [0.15, 0.2) is 59.2 Å². The Bertz CT molecular complexity index is 820. The van der Waals surface area contributed by atoms with E-state index >= 15 is 0 Å². The molecule has 4 rings (SSSR count). The highest BCUT2D eigenvalue weighted by Gasteiger charge is 2.51. The maximum atomic E-state index is 12.6. The summed E-state index contributed by atoms with van der Waals surface area (Å²) in [5.74, 6) is -2.12. The number of ketones is 1. The van der Waals surface area contributed by atoms with E-state index in [4.69, 9.17) is 9.15 Å². The molecule has 1 N–H and O–H groups in total. The summed E-state index contributed by atoms with van der Waals surface area (Å²) in [5.41, 5.74) is 0.391. The lowest BCUT2D eigenvalue weighted by Gasteiger charge is -2.17. The van der Waals surface area contributed by atoms with E-state index in [9.17, 15) is 9.90 Å². The van der Waals surface area contributed by atoms with Gasteiger partial charge in [-0.15, -0.1) is 0 Å². The van der Waals surface area contributed by atoms with E-state index < -0.39 is 11.6 Å². The molecular weight excluding hydrogens is 256 g/mol. The number of furan rings is 1. The highest BCUT2D eigenvalue weighted by molar-refractivity contribution is 6.15. The van der Waals surface area contributed by atoms with Crippen molar-refractivity contribution in [2.45, 2.75) is 5.79 Å². The first kappa shape index (κ1) is 11.3. The number of hydrogen-bond acceptors (Lipinski definition) is 4. The summed E-state index contributed by atoms with van der Waals surface area (Å²) in [6.07, 6.45) is 1.39. The molecule has 1 atom stereocenters. The van der Waals surface area contributed by atoms with E-state index in [-0.39, 0.29) is 5.76 Å². The summed E-state index contributed by atoms with van der Waals surface area (Å²) in [6.45, 7) is 0. The molecular formula is C16H10O4. The Labute approximate surface area is 114 Å². The standard InChI is InChI=1S/C16H10O4/c17-15-14-11-5-2-1-4-10(11)7-8-12(14)20-16(15,18)13-6-3-9-19-13/h1-9,18H. The molecule has 98 valence electrons. The average Bonchev–Trinajstić information content (AvgIpc) is 3.08. The van der Waals surface area contributed by atoms with Crippen LogP contribution < -0.4 is 4.74 Å². The molecule has 0 bridgehead atoms. The van der Waals surface area contributed by atoms with E-state index in [1.54, 1.807) is 12.1 Å². The Kier molecular flexibility index (Phi) is 2.09. The highest BCUT2D eigenvalue weighted by Crippen LogP contribution is 2.42. The Morgan fingerprint density at radius 3 is 2.65 bits per heavy atom. The van der Waals surface area contributed by atoms with Gasteiger partial charge in [-0.05, 0) is 29.0 Å². The topological polar surface area (TPSA) is 59.7 Å². The van der Waals surface area contributed by atoms with Crippen molar-refractivity contribution < 1.29 is 19.1 Å². The number of ether oxygens (including phenoxy) is 1. The molecule has 0 aliphatic carbocycles. The minimum absolute atomic E-state index is 0.0859. The third-order valence-electron chi connectivity index (χ3n) is 3.54. The van der Waals surface area contributed by atoms with Gasteiger partial charge in [-0.1, -0.05) is 30.3 Å². The SMILES string of the molecule is O=C1c2c(ccc3ccccc23)OC1(O)c1ccco1. The van der Waals surface area contributed by atoms with Gasteiger partial charge in [0.1, 0.15) is 5.75 Å². The second kappa shape index (κ2) is 3.71. The highest BCUT2D eigenvalue weighted by atomic mass is 16.6. The van der Waals surface area contributed by atoms with Crippen LogP contribution in [0.4, 0.5) is 0 Å². The first-order valence-electron chi connectivity index (χ1n) is 6.22. The van der Waals surface area contributed by atoms with Crippen molar-refractivity contribution in [3.63, 3.8) is 0 Å². The monoisotopic (exact) mass is 266 g/mol. The summed E-state index contributed by atoms with van der Waals surface area (Å²) in [6, 6.07) is 14.2. The maximum Gasteiger partial charge on any atom is 0.333 e. The zero-order valence-corrected chi connectivity index (χ0v) is 10.4. The van der Waals surface area contributed by atoms with Gasteiger partial charge >= 0.3 is 5.79 Å². The summed E-state index contributed by atoms with van der Waals surface area (Å²) in [5, 5.41) is 12.2. The Morgan fingerprint density at radius 1 is 1.00 bits per heavy atom. The Morgan fingerprint density at radius 2 is 1.85 bits per heavy atom. The number of carbonyl (C=O) groups excluding carboxylic acids is 1. The van der Waals surface area contributed by atoms with Crippen LogP contribution in [0.3, 0.4) is 0 Å². The van der Waals surface area contributed by atoms with Crippen LogP contribution in [-0.4, -0.2) is 10.9 Å². The molecule has 0 saturated carbocycles. The maximum absolute atomic E-state index is 12.6. The molecule has 1 unspecified atom stereocenters. The molecule has 0 saturated heterocycles. The van der Waals surface area contributed by atoms with Crippen molar-refractivity contribution in [2.24, 2.45) is 0 Å². The van der Waals surface area contributed by atoms with Gasteiger partial charge in [0.25, 0.3) is 0 Å². The van der Waals surface area contributed by atoms with Gasteiger partial charge in [0.05, 0.1) is 11.8 Å². The van der Waals surface area contributed by atoms with Gasteiger partial charge in [0, 0.05) is 0 Å².